The number of nitrogens with zero attached hydrogens (tertiary/aromatic N) is 1. The van der Waals surface area contributed by atoms with Gasteiger partial charge in [-0.15, -0.1) is 11.3 Å². The Hall–Kier alpha value is -2.66. The van der Waals surface area contributed by atoms with Crippen LogP contribution in [0.3, 0.4) is 0 Å². The number of thiazole rings is 1. The van der Waals surface area contributed by atoms with E-state index in [1.54, 1.807) is 45.0 Å². The van der Waals surface area contributed by atoms with Crippen LogP contribution in [0.25, 0.3) is 0 Å². The van der Waals surface area contributed by atoms with Gasteiger partial charge in [0.1, 0.15) is 17.2 Å². The molecule has 3 N–H and O–H groups in total. The Balaban J connectivity index is 2.06. The highest BCUT2D eigenvalue weighted by molar-refractivity contribution is 7.73. The normalized spacial score (nSPS) is 12.3. The minimum absolute atomic E-state index is 0.225. The Kier molecular flexibility index (Phi) is 8.81. The van der Waals surface area contributed by atoms with Crippen LogP contribution in [0.2, 0.25) is 0 Å². The number of aryl methyl sites for hydroxylation is 1. The average molecular weight is 469 g/mol. The second kappa shape index (κ2) is 11.1. The van der Waals surface area contributed by atoms with Gasteiger partial charge in [0.2, 0.25) is 16.8 Å². The Labute approximate surface area is 187 Å². The third-order valence-corrected chi connectivity index (χ3v) is 5.42. The molecular formula is C20H28N4O5S2. The zero-order valence-electron chi connectivity index (χ0n) is 17.9. The number of carbonyl (C=O) groups is 2. The maximum absolute atomic E-state index is 12.5. The number of thiol groups is 1. The number of ether oxygens (including phenoxy) is 1. The van der Waals surface area contributed by atoms with Crippen molar-refractivity contribution < 1.29 is 22.7 Å². The van der Waals surface area contributed by atoms with E-state index in [2.05, 4.69) is 20.3 Å². The van der Waals surface area contributed by atoms with Gasteiger partial charge in [-0.3, -0.25) is 9.52 Å². The number of benzene rings is 1. The van der Waals surface area contributed by atoms with Gasteiger partial charge >= 0.3 is 6.09 Å². The van der Waals surface area contributed by atoms with Crippen molar-refractivity contribution in [2.45, 2.75) is 52.2 Å². The lowest BCUT2D eigenvalue weighted by molar-refractivity contribution is -0.121. The van der Waals surface area contributed by atoms with E-state index in [9.17, 15) is 18.0 Å². The van der Waals surface area contributed by atoms with Crippen molar-refractivity contribution in [3.8, 4) is 0 Å². The number of amides is 2. The van der Waals surface area contributed by atoms with Gasteiger partial charge in [-0.05, 0) is 51.3 Å². The molecule has 0 fully saturated rings. The van der Waals surface area contributed by atoms with Crippen LogP contribution in [-0.4, -0.2) is 37.5 Å². The third kappa shape index (κ3) is 8.93. The minimum atomic E-state index is -2.73. The van der Waals surface area contributed by atoms with E-state index in [-0.39, 0.29) is 12.5 Å². The van der Waals surface area contributed by atoms with E-state index in [4.69, 9.17) is 4.74 Å². The summed E-state index contributed by atoms with van der Waals surface area (Å²) >= 11 is 1.46. The molecule has 170 valence electrons. The van der Waals surface area contributed by atoms with Gasteiger partial charge in [0, 0.05) is 11.1 Å². The molecule has 11 heteroatoms. The molecule has 2 amide bonds. The number of carbonyl (C=O) groups excluding carboxylic acids is 2. The lowest BCUT2D eigenvalue weighted by atomic mass is 10.1. The van der Waals surface area contributed by atoms with Crippen LogP contribution < -0.4 is 15.4 Å². The standard InChI is InChI=1S/C20H28N4O5S2/c1-5-14-12-30-18(22-14)16(10-13-6-8-15(9-7-13)24-31(27)28)23-17(25)11-21-19(26)29-20(2,3)4/h6-9,12,16,31H,5,10-11H2,1-4H3,(H,21,26)(H,23,25)(H,24,27,28)/t16-/m0/s1. The number of hydrogen-bond acceptors (Lipinski definition) is 7. The van der Waals surface area contributed by atoms with Gasteiger partial charge in [-0.2, -0.15) is 0 Å². The molecule has 0 aliphatic carbocycles. The van der Waals surface area contributed by atoms with Gasteiger partial charge in [0.15, 0.2) is 0 Å². The summed E-state index contributed by atoms with van der Waals surface area (Å²) in [5, 5.41) is 8.06. The number of anilines is 1. The molecule has 0 bridgehead atoms. The Morgan fingerprint density at radius 1 is 1.19 bits per heavy atom. The van der Waals surface area contributed by atoms with Crippen molar-refractivity contribution in [2.24, 2.45) is 0 Å². The molecule has 0 aliphatic heterocycles. The first-order chi connectivity index (χ1) is 14.6. The molecule has 2 aromatic rings. The van der Waals surface area contributed by atoms with E-state index in [1.165, 1.54) is 11.3 Å². The summed E-state index contributed by atoms with van der Waals surface area (Å²) in [6.07, 6.45) is 0.575. The predicted molar refractivity (Wildman–Crippen MR) is 121 cm³/mol. The largest absolute Gasteiger partial charge is 0.444 e. The average Bonchev–Trinajstić information content (AvgIpc) is 3.15. The van der Waals surface area contributed by atoms with Crippen LogP contribution in [0, 0.1) is 0 Å². The summed E-state index contributed by atoms with van der Waals surface area (Å²) < 4.78 is 29.0. The summed E-state index contributed by atoms with van der Waals surface area (Å²) in [5.41, 5.74) is 1.64. The second-order valence-corrected chi connectivity index (χ2v) is 9.40. The minimum Gasteiger partial charge on any atom is -0.444 e. The molecule has 9 nitrogen and oxygen atoms in total. The van der Waals surface area contributed by atoms with E-state index in [0.29, 0.717) is 12.1 Å². The highest BCUT2D eigenvalue weighted by Crippen LogP contribution is 2.23. The van der Waals surface area contributed by atoms with Gasteiger partial charge in [-0.1, -0.05) is 19.1 Å². The zero-order valence-corrected chi connectivity index (χ0v) is 19.6. The summed E-state index contributed by atoms with van der Waals surface area (Å²) in [6.45, 7) is 7.01. The predicted octanol–water partition coefficient (Wildman–Crippen LogP) is 2.57. The van der Waals surface area contributed by atoms with Gasteiger partial charge in [-0.25, -0.2) is 18.2 Å². The highest BCUT2D eigenvalue weighted by Gasteiger charge is 2.21. The molecule has 0 saturated carbocycles. The molecular weight excluding hydrogens is 440 g/mol. The zero-order chi connectivity index (χ0) is 23.0. The molecule has 1 heterocycles. The number of rotatable bonds is 9. The Morgan fingerprint density at radius 3 is 2.42 bits per heavy atom. The van der Waals surface area contributed by atoms with Crippen molar-refractivity contribution in [1.29, 1.82) is 0 Å². The lowest BCUT2D eigenvalue weighted by Crippen LogP contribution is -2.41. The number of nitrogens with one attached hydrogen (secondary N) is 3. The molecule has 0 radical (unpaired) electrons. The smallest absolute Gasteiger partial charge is 0.408 e. The topological polar surface area (TPSA) is 126 Å². The quantitative estimate of drug-likeness (QED) is 0.419. The highest BCUT2D eigenvalue weighted by atomic mass is 32.2. The van der Waals surface area contributed by atoms with Crippen molar-refractivity contribution in [2.75, 3.05) is 11.3 Å². The summed E-state index contributed by atoms with van der Waals surface area (Å²) in [4.78, 5) is 28.8. The van der Waals surface area contributed by atoms with E-state index in [1.807, 2.05) is 12.3 Å². The van der Waals surface area contributed by atoms with Crippen molar-refractivity contribution in [3.05, 3.63) is 45.9 Å². The molecule has 1 aromatic heterocycles. The molecule has 2 rings (SSSR count). The van der Waals surface area contributed by atoms with Crippen LogP contribution in [0.5, 0.6) is 0 Å². The first-order valence-electron chi connectivity index (χ1n) is 9.76. The first-order valence-corrected chi connectivity index (χ1v) is 11.8. The van der Waals surface area contributed by atoms with Crippen molar-refractivity contribution in [3.63, 3.8) is 0 Å². The number of aromatic nitrogens is 1. The van der Waals surface area contributed by atoms with E-state index < -0.39 is 28.6 Å². The molecule has 1 aromatic carbocycles. The van der Waals surface area contributed by atoms with Crippen molar-refractivity contribution >= 4 is 39.9 Å². The maximum atomic E-state index is 12.5. The summed E-state index contributed by atoms with van der Waals surface area (Å²) in [6, 6.07) is 6.49. The van der Waals surface area contributed by atoms with E-state index in [0.717, 1.165) is 22.7 Å². The van der Waals surface area contributed by atoms with E-state index >= 15 is 0 Å². The lowest BCUT2D eigenvalue weighted by Gasteiger charge is -2.20. The molecule has 0 saturated heterocycles. The molecule has 0 unspecified atom stereocenters. The number of hydrogen-bond donors (Lipinski definition) is 4. The fourth-order valence-corrected chi connectivity index (χ4v) is 3.93. The maximum Gasteiger partial charge on any atom is 0.408 e. The Morgan fingerprint density at radius 2 is 1.87 bits per heavy atom. The van der Waals surface area contributed by atoms with Crippen LogP contribution in [0.15, 0.2) is 29.6 Å². The number of alkyl carbamates (subject to hydrolysis) is 1. The molecule has 0 aliphatic rings. The summed E-state index contributed by atoms with van der Waals surface area (Å²) in [7, 11) is -2.73. The molecule has 31 heavy (non-hydrogen) atoms. The van der Waals surface area contributed by atoms with Gasteiger partial charge < -0.3 is 15.4 Å². The van der Waals surface area contributed by atoms with Crippen molar-refractivity contribution in [1.82, 2.24) is 15.6 Å². The first kappa shape index (κ1) is 24.6. The van der Waals surface area contributed by atoms with Gasteiger partial charge in [0.25, 0.3) is 0 Å². The fraction of sp³-hybridized carbons (Fsp3) is 0.450. The van der Waals surface area contributed by atoms with Crippen LogP contribution in [0.4, 0.5) is 10.5 Å². The van der Waals surface area contributed by atoms with Crippen LogP contribution >= 0.6 is 11.3 Å². The fourth-order valence-electron chi connectivity index (χ4n) is 2.61. The van der Waals surface area contributed by atoms with Gasteiger partial charge in [0.05, 0.1) is 11.7 Å². The molecule has 1 atom stereocenters. The Bertz CT molecular complexity index is 957. The van der Waals surface area contributed by atoms with Crippen LogP contribution in [-0.2, 0) is 33.3 Å². The third-order valence-electron chi connectivity index (χ3n) is 3.97. The molecule has 0 spiro atoms. The van der Waals surface area contributed by atoms with Crippen LogP contribution in [0.1, 0.15) is 50.0 Å². The SMILES string of the molecule is CCc1csc([C@H](Cc2ccc(N[SH](=O)=O)cc2)NC(=O)CNC(=O)OC(C)(C)C)n1. The second-order valence-electron chi connectivity index (χ2n) is 7.78. The summed E-state index contributed by atoms with van der Waals surface area (Å²) in [5.74, 6) is -0.370. The monoisotopic (exact) mass is 468 g/mol.